The van der Waals surface area contributed by atoms with Gasteiger partial charge in [-0.05, 0) is 26.4 Å². The van der Waals surface area contributed by atoms with Gasteiger partial charge in [-0.1, -0.05) is 0 Å². The van der Waals surface area contributed by atoms with Crippen molar-refractivity contribution in [3.05, 3.63) is 18.0 Å². The Kier molecular flexibility index (Phi) is 3.16. The zero-order valence-electron chi connectivity index (χ0n) is 8.66. The van der Waals surface area contributed by atoms with Gasteiger partial charge in [0.1, 0.15) is 0 Å². The van der Waals surface area contributed by atoms with Crippen LogP contribution >= 0.6 is 0 Å². The van der Waals surface area contributed by atoms with Gasteiger partial charge < -0.3 is 5.32 Å². The van der Waals surface area contributed by atoms with Crippen LogP contribution in [0.1, 0.15) is 18.4 Å². The third kappa shape index (κ3) is 2.33. The second-order valence-electron chi connectivity index (χ2n) is 4.02. The Bertz CT molecular complexity index is 251. The number of rotatable bonds is 3. The van der Waals surface area contributed by atoms with E-state index in [-0.39, 0.29) is 0 Å². The molecule has 1 aliphatic rings. The average molecular weight is 194 g/mol. The van der Waals surface area contributed by atoms with E-state index in [9.17, 15) is 0 Å². The summed E-state index contributed by atoms with van der Waals surface area (Å²) in [6.45, 7) is 3.28. The Morgan fingerprint density at radius 1 is 1.64 bits per heavy atom. The Hall–Kier alpha value is -0.870. The van der Waals surface area contributed by atoms with E-state index < -0.39 is 0 Å². The van der Waals surface area contributed by atoms with Crippen molar-refractivity contribution in [2.75, 3.05) is 20.1 Å². The molecular weight excluding hydrogens is 176 g/mol. The molecule has 1 fully saturated rings. The first kappa shape index (κ1) is 9.68. The van der Waals surface area contributed by atoms with Crippen LogP contribution in [-0.2, 0) is 6.54 Å². The summed E-state index contributed by atoms with van der Waals surface area (Å²) in [5.41, 5.74) is 1.26. The summed E-state index contributed by atoms with van der Waals surface area (Å²) < 4.78 is 0. The first-order valence-electron chi connectivity index (χ1n) is 5.25. The zero-order valence-corrected chi connectivity index (χ0v) is 8.66. The molecule has 1 aliphatic heterocycles. The number of nitrogens with one attached hydrogen (secondary N) is 2. The highest BCUT2D eigenvalue weighted by atomic mass is 15.2. The maximum Gasteiger partial charge on any atom is 0.0532 e. The summed E-state index contributed by atoms with van der Waals surface area (Å²) in [6, 6.07) is 0.679. The van der Waals surface area contributed by atoms with Gasteiger partial charge in [0.25, 0.3) is 0 Å². The quantitative estimate of drug-likeness (QED) is 0.740. The first-order chi connectivity index (χ1) is 6.86. The van der Waals surface area contributed by atoms with Crippen LogP contribution in [-0.4, -0.2) is 41.3 Å². The molecule has 0 amide bonds. The van der Waals surface area contributed by atoms with Crippen molar-refractivity contribution >= 4 is 0 Å². The topological polar surface area (TPSA) is 44.0 Å². The molecule has 4 heteroatoms. The molecule has 4 nitrogen and oxygen atoms in total. The van der Waals surface area contributed by atoms with Gasteiger partial charge in [0.15, 0.2) is 0 Å². The minimum absolute atomic E-state index is 0.679. The smallest absolute Gasteiger partial charge is 0.0532 e. The van der Waals surface area contributed by atoms with Crippen LogP contribution in [0.2, 0.25) is 0 Å². The predicted octanol–water partition coefficient (Wildman–Crippen LogP) is 0.593. The van der Waals surface area contributed by atoms with E-state index in [0.29, 0.717) is 6.04 Å². The van der Waals surface area contributed by atoms with Crippen molar-refractivity contribution in [3.63, 3.8) is 0 Å². The van der Waals surface area contributed by atoms with E-state index in [1.54, 1.807) is 0 Å². The summed E-state index contributed by atoms with van der Waals surface area (Å²) in [6.07, 6.45) is 6.46. The van der Waals surface area contributed by atoms with E-state index in [2.05, 4.69) is 27.5 Å². The maximum absolute atomic E-state index is 3.95. The minimum Gasteiger partial charge on any atom is -0.315 e. The highest BCUT2D eigenvalue weighted by Crippen LogP contribution is 2.11. The first-order valence-corrected chi connectivity index (χ1v) is 5.25. The van der Waals surface area contributed by atoms with Crippen molar-refractivity contribution in [1.29, 1.82) is 0 Å². The molecule has 0 aromatic carbocycles. The second-order valence-corrected chi connectivity index (χ2v) is 4.02. The molecule has 2 rings (SSSR count). The SMILES string of the molecule is CN(Cc1cn[nH]c1)C1CCCNC1. The summed E-state index contributed by atoms with van der Waals surface area (Å²) >= 11 is 0. The number of piperidine rings is 1. The van der Waals surface area contributed by atoms with Gasteiger partial charge in [-0.2, -0.15) is 5.10 Å². The number of nitrogens with zero attached hydrogens (tertiary/aromatic N) is 2. The van der Waals surface area contributed by atoms with Crippen molar-refractivity contribution in [2.24, 2.45) is 0 Å². The lowest BCUT2D eigenvalue weighted by atomic mass is 10.1. The van der Waals surface area contributed by atoms with Crippen molar-refractivity contribution in [3.8, 4) is 0 Å². The van der Waals surface area contributed by atoms with Crippen LogP contribution in [0.15, 0.2) is 12.4 Å². The molecule has 0 spiro atoms. The molecule has 2 N–H and O–H groups in total. The molecule has 1 saturated heterocycles. The largest absolute Gasteiger partial charge is 0.315 e. The fourth-order valence-corrected chi connectivity index (χ4v) is 1.99. The molecule has 78 valence electrons. The van der Waals surface area contributed by atoms with Crippen molar-refractivity contribution in [1.82, 2.24) is 20.4 Å². The normalized spacial score (nSPS) is 22.9. The van der Waals surface area contributed by atoms with E-state index in [1.165, 1.54) is 24.9 Å². The third-order valence-electron chi connectivity index (χ3n) is 2.88. The number of aromatic nitrogens is 2. The van der Waals surface area contributed by atoms with Crippen molar-refractivity contribution in [2.45, 2.75) is 25.4 Å². The number of aromatic amines is 1. The maximum atomic E-state index is 3.95. The second kappa shape index (κ2) is 4.57. The molecular formula is C10H18N4. The van der Waals surface area contributed by atoms with Crippen LogP contribution in [0.4, 0.5) is 0 Å². The molecule has 0 saturated carbocycles. The molecule has 0 bridgehead atoms. The summed E-state index contributed by atoms with van der Waals surface area (Å²) in [5, 5.41) is 10.2. The number of H-pyrrole nitrogens is 1. The lowest BCUT2D eigenvalue weighted by Crippen LogP contribution is -2.43. The summed E-state index contributed by atoms with van der Waals surface area (Å²) in [5.74, 6) is 0. The van der Waals surface area contributed by atoms with Gasteiger partial charge in [-0.25, -0.2) is 0 Å². The average Bonchev–Trinajstić information content (AvgIpc) is 2.72. The zero-order chi connectivity index (χ0) is 9.80. The molecule has 1 atom stereocenters. The van der Waals surface area contributed by atoms with Gasteiger partial charge in [-0.3, -0.25) is 10.00 Å². The van der Waals surface area contributed by atoms with E-state index in [1.807, 2.05) is 12.4 Å². The van der Waals surface area contributed by atoms with Gasteiger partial charge in [-0.15, -0.1) is 0 Å². The van der Waals surface area contributed by atoms with Crippen LogP contribution in [0.25, 0.3) is 0 Å². The fourth-order valence-electron chi connectivity index (χ4n) is 1.99. The number of hydrogen-bond acceptors (Lipinski definition) is 3. The van der Waals surface area contributed by atoms with Crippen LogP contribution < -0.4 is 5.32 Å². The molecule has 0 aliphatic carbocycles. The Labute approximate surface area is 84.7 Å². The molecule has 0 radical (unpaired) electrons. The van der Waals surface area contributed by atoms with E-state index >= 15 is 0 Å². The van der Waals surface area contributed by atoms with Gasteiger partial charge in [0.2, 0.25) is 0 Å². The molecule has 2 heterocycles. The third-order valence-corrected chi connectivity index (χ3v) is 2.88. The lowest BCUT2D eigenvalue weighted by molar-refractivity contribution is 0.196. The lowest BCUT2D eigenvalue weighted by Gasteiger charge is -2.31. The Morgan fingerprint density at radius 2 is 2.57 bits per heavy atom. The van der Waals surface area contributed by atoms with Crippen LogP contribution in [0, 0.1) is 0 Å². The predicted molar refractivity (Wildman–Crippen MR) is 55.9 cm³/mol. The highest BCUT2D eigenvalue weighted by Gasteiger charge is 2.17. The minimum atomic E-state index is 0.679. The monoisotopic (exact) mass is 194 g/mol. The van der Waals surface area contributed by atoms with Crippen LogP contribution in [0.3, 0.4) is 0 Å². The van der Waals surface area contributed by atoms with Gasteiger partial charge >= 0.3 is 0 Å². The molecule has 1 aromatic heterocycles. The number of likely N-dealkylation sites (N-methyl/N-ethyl adjacent to an activating group) is 1. The standard InChI is InChI=1S/C10H18N4/c1-14(8-9-5-12-13-6-9)10-3-2-4-11-7-10/h5-6,10-11H,2-4,7-8H2,1H3,(H,12,13). The Morgan fingerprint density at radius 3 is 3.21 bits per heavy atom. The number of hydrogen-bond donors (Lipinski definition) is 2. The molecule has 1 aromatic rings. The summed E-state index contributed by atoms with van der Waals surface area (Å²) in [7, 11) is 2.19. The Balaban J connectivity index is 1.85. The highest BCUT2D eigenvalue weighted by molar-refractivity contribution is 5.02. The summed E-state index contributed by atoms with van der Waals surface area (Å²) in [4.78, 5) is 2.40. The van der Waals surface area contributed by atoms with Crippen molar-refractivity contribution < 1.29 is 0 Å². The van der Waals surface area contributed by atoms with E-state index in [4.69, 9.17) is 0 Å². The van der Waals surface area contributed by atoms with Crippen LogP contribution in [0.5, 0.6) is 0 Å². The molecule has 1 unspecified atom stereocenters. The fraction of sp³-hybridized carbons (Fsp3) is 0.700. The molecule has 14 heavy (non-hydrogen) atoms. The van der Waals surface area contributed by atoms with E-state index in [0.717, 1.165) is 13.1 Å². The van der Waals surface area contributed by atoms with Gasteiger partial charge in [0, 0.05) is 30.9 Å². The van der Waals surface area contributed by atoms with Gasteiger partial charge in [0.05, 0.1) is 6.20 Å².